The topological polar surface area (TPSA) is 41.6 Å². The van der Waals surface area contributed by atoms with E-state index in [-0.39, 0.29) is 12.0 Å². The van der Waals surface area contributed by atoms with Crippen LogP contribution in [0.4, 0.5) is 0 Å². The minimum atomic E-state index is -0.0333. The van der Waals surface area contributed by atoms with E-state index in [0.29, 0.717) is 12.1 Å². The van der Waals surface area contributed by atoms with Crippen molar-refractivity contribution in [2.45, 2.75) is 38.3 Å². The van der Waals surface area contributed by atoms with Crippen LogP contribution in [-0.2, 0) is 13.0 Å². The van der Waals surface area contributed by atoms with Crippen molar-refractivity contribution in [2.75, 3.05) is 19.6 Å². The first-order valence-corrected chi connectivity index (χ1v) is 9.62. The average Bonchev–Trinajstić information content (AvgIpc) is 3.10. The zero-order valence-electron chi connectivity index (χ0n) is 15.1. The lowest BCUT2D eigenvalue weighted by molar-refractivity contribution is 0.0933. The molecule has 1 atom stereocenters. The Morgan fingerprint density at radius 1 is 1.04 bits per heavy atom. The number of amides is 1. The minimum absolute atomic E-state index is 0.0229. The van der Waals surface area contributed by atoms with E-state index in [0.717, 1.165) is 18.7 Å². The molecule has 0 saturated carbocycles. The number of nitrogens with zero attached hydrogens (tertiary/aromatic N) is 1. The van der Waals surface area contributed by atoms with Gasteiger partial charge < -0.3 is 10.1 Å². The standard InChI is InChI=1S/C22H26N2O2/c25-22(23-15-20-14-19-6-2-3-7-21(19)26-20)18-10-8-17(9-11-18)16-24-12-4-1-5-13-24/h2-3,6-11,20H,1,4-5,12-16H2,(H,23,25). The van der Waals surface area contributed by atoms with Gasteiger partial charge in [-0.15, -0.1) is 0 Å². The van der Waals surface area contributed by atoms with Gasteiger partial charge >= 0.3 is 0 Å². The van der Waals surface area contributed by atoms with E-state index in [1.165, 1.54) is 43.5 Å². The molecule has 2 aliphatic heterocycles. The maximum atomic E-state index is 12.4. The SMILES string of the molecule is O=C(NCC1Cc2ccccc2O1)c1ccc(CN2CCCCC2)cc1. The number of fused-ring (bicyclic) bond motifs is 1. The number of hydrogen-bond donors (Lipinski definition) is 1. The summed E-state index contributed by atoms with van der Waals surface area (Å²) in [7, 11) is 0. The van der Waals surface area contributed by atoms with Crippen molar-refractivity contribution in [2.24, 2.45) is 0 Å². The van der Waals surface area contributed by atoms with E-state index >= 15 is 0 Å². The van der Waals surface area contributed by atoms with E-state index in [4.69, 9.17) is 4.74 Å². The van der Waals surface area contributed by atoms with E-state index in [1.54, 1.807) is 0 Å². The molecule has 26 heavy (non-hydrogen) atoms. The number of carbonyl (C=O) groups is 1. The first-order valence-electron chi connectivity index (χ1n) is 9.62. The number of para-hydroxylation sites is 1. The molecule has 0 bridgehead atoms. The highest BCUT2D eigenvalue weighted by Crippen LogP contribution is 2.27. The lowest BCUT2D eigenvalue weighted by Gasteiger charge is -2.26. The maximum Gasteiger partial charge on any atom is 0.251 e. The Labute approximate surface area is 155 Å². The summed E-state index contributed by atoms with van der Waals surface area (Å²) >= 11 is 0. The van der Waals surface area contributed by atoms with Crippen LogP contribution in [0.15, 0.2) is 48.5 Å². The van der Waals surface area contributed by atoms with Gasteiger partial charge in [0.05, 0.1) is 6.54 Å². The quantitative estimate of drug-likeness (QED) is 0.898. The van der Waals surface area contributed by atoms with Crippen molar-refractivity contribution in [3.8, 4) is 5.75 Å². The summed E-state index contributed by atoms with van der Waals surface area (Å²) in [5, 5.41) is 3.00. The van der Waals surface area contributed by atoms with Gasteiger partial charge in [0.25, 0.3) is 5.91 Å². The Kier molecular flexibility index (Phi) is 5.21. The second-order valence-electron chi connectivity index (χ2n) is 7.30. The highest BCUT2D eigenvalue weighted by Gasteiger charge is 2.22. The normalized spacial score (nSPS) is 19.6. The van der Waals surface area contributed by atoms with Gasteiger partial charge in [0, 0.05) is 18.5 Å². The molecule has 1 saturated heterocycles. The highest BCUT2D eigenvalue weighted by atomic mass is 16.5. The molecule has 136 valence electrons. The van der Waals surface area contributed by atoms with Gasteiger partial charge in [-0.05, 0) is 55.3 Å². The third-order valence-electron chi connectivity index (χ3n) is 5.28. The van der Waals surface area contributed by atoms with Crippen molar-refractivity contribution in [1.29, 1.82) is 0 Å². The van der Waals surface area contributed by atoms with Crippen LogP contribution in [-0.4, -0.2) is 36.5 Å². The number of benzene rings is 2. The largest absolute Gasteiger partial charge is 0.488 e. The Morgan fingerprint density at radius 3 is 2.58 bits per heavy atom. The van der Waals surface area contributed by atoms with Crippen LogP contribution in [0.1, 0.15) is 40.7 Å². The summed E-state index contributed by atoms with van der Waals surface area (Å²) in [6, 6.07) is 16.1. The molecule has 1 unspecified atom stereocenters. The number of hydrogen-bond acceptors (Lipinski definition) is 3. The second kappa shape index (κ2) is 7.92. The highest BCUT2D eigenvalue weighted by molar-refractivity contribution is 5.94. The molecule has 4 nitrogen and oxygen atoms in total. The van der Waals surface area contributed by atoms with E-state index in [2.05, 4.69) is 28.4 Å². The van der Waals surface area contributed by atoms with Gasteiger partial charge in [-0.25, -0.2) is 0 Å². The van der Waals surface area contributed by atoms with Gasteiger partial charge in [-0.2, -0.15) is 0 Å². The Morgan fingerprint density at radius 2 is 1.81 bits per heavy atom. The summed E-state index contributed by atoms with van der Waals surface area (Å²) in [5.74, 6) is 0.905. The third-order valence-corrected chi connectivity index (χ3v) is 5.28. The number of ether oxygens (including phenoxy) is 1. The summed E-state index contributed by atoms with van der Waals surface area (Å²) in [5.41, 5.74) is 3.20. The van der Waals surface area contributed by atoms with Crippen LogP contribution in [0.2, 0.25) is 0 Å². The summed E-state index contributed by atoms with van der Waals surface area (Å²) in [6.45, 7) is 3.89. The first-order chi connectivity index (χ1) is 12.8. The summed E-state index contributed by atoms with van der Waals surface area (Å²) in [6.07, 6.45) is 4.83. The van der Waals surface area contributed by atoms with Crippen LogP contribution < -0.4 is 10.1 Å². The first kappa shape index (κ1) is 17.1. The van der Waals surface area contributed by atoms with Crippen LogP contribution in [0, 0.1) is 0 Å². The zero-order chi connectivity index (χ0) is 17.8. The minimum Gasteiger partial charge on any atom is -0.488 e. The van der Waals surface area contributed by atoms with Gasteiger partial charge in [-0.1, -0.05) is 36.8 Å². The molecule has 1 amide bonds. The predicted octanol–water partition coefficient (Wildman–Crippen LogP) is 3.41. The Balaban J connectivity index is 1.27. The molecule has 0 aliphatic carbocycles. The molecule has 0 spiro atoms. The fourth-order valence-electron chi connectivity index (χ4n) is 3.81. The molecule has 0 radical (unpaired) electrons. The molecule has 0 aromatic heterocycles. The zero-order valence-corrected chi connectivity index (χ0v) is 15.1. The molecule has 4 heteroatoms. The van der Waals surface area contributed by atoms with E-state index in [9.17, 15) is 4.79 Å². The number of rotatable bonds is 5. The molecular formula is C22H26N2O2. The van der Waals surface area contributed by atoms with Crippen LogP contribution >= 0.6 is 0 Å². The van der Waals surface area contributed by atoms with Crippen LogP contribution in [0.25, 0.3) is 0 Å². The molecule has 2 heterocycles. The maximum absolute atomic E-state index is 12.4. The number of nitrogens with one attached hydrogen (secondary N) is 1. The van der Waals surface area contributed by atoms with Gasteiger partial charge in [-0.3, -0.25) is 9.69 Å². The van der Waals surface area contributed by atoms with E-state index < -0.39 is 0 Å². The van der Waals surface area contributed by atoms with Gasteiger partial charge in [0.1, 0.15) is 11.9 Å². The van der Waals surface area contributed by atoms with E-state index in [1.807, 2.05) is 30.3 Å². The average molecular weight is 350 g/mol. The molecular weight excluding hydrogens is 324 g/mol. The fourth-order valence-corrected chi connectivity index (χ4v) is 3.81. The molecule has 2 aromatic rings. The predicted molar refractivity (Wildman–Crippen MR) is 102 cm³/mol. The monoisotopic (exact) mass is 350 g/mol. The molecule has 2 aromatic carbocycles. The number of likely N-dealkylation sites (tertiary alicyclic amines) is 1. The second-order valence-corrected chi connectivity index (χ2v) is 7.30. The van der Waals surface area contributed by atoms with Crippen molar-refractivity contribution >= 4 is 5.91 Å². The van der Waals surface area contributed by atoms with Crippen molar-refractivity contribution in [1.82, 2.24) is 10.2 Å². The number of carbonyl (C=O) groups excluding carboxylic acids is 1. The smallest absolute Gasteiger partial charge is 0.251 e. The Hall–Kier alpha value is -2.33. The van der Waals surface area contributed by atoms with Crippen molar-refractivity contribution < 1.29 is 9.53 Å². The summed E-state index contributed by atoms with van der Waals surface area (Å²) in [4.78, 5) is 14.9. The molecule has 4 rings (SSSR count). The number of piperidine rings is 1. The van der Waals surface area contributed by atoms with Gasteiger partial charge in [0.15, 0.2) is 0 Å². The van der Waals surface area contributed by atoms with Crippen molar-refractivity contribution in [3.05, 3.63) is 65.2 Å². The lowest BCUT2D eigenvalue weighted by Crippen LogP contribution is -2.34. The fraction of sp³-hybridized carbons (Fsp3) is 0.409. The Bertz CT molecular complexity index is 726. The third kappa shape index (κ3) is 4.07. The lowest BCUT2D eigenvalue weighted by atomic mass is 10.1. The molecule has 1 N–H and O–H groups in total. The summed E-state index contributed by atoms with van der Waals surface area (Å²) < 4.78 is 5.88. The molecule has 1 fully saturated rings. The molecule has 2 aliphatic rings. The van der Waals surface area contributed by atoms with Crippen LogP contribution in [0.5, 0.6) is 5.75 Å². The van der Waals surface area contributed by atoms with Crippen LogP contribution in [0.3, 0.4) is 0 Å². The van der Waals surface area contributed by atoms with Crippen molar-refractivity contribution in [3.63, 3.8) is 0 Å². The van der Waals surface area contributed by atoms with Gasteiger partial charge in [0.2, 0.25) is 0 Å².